The second-order valence-electron chi connectivity index (χ2n) is 4.95. The van der Waals surface area contributed by atoms with E-state index >= 15 is 0 Å². The monoisotopic (exact) mass is 168 g/mol. The van der Waals surface area contributed by atoms with Crippen molar-refractivity contribution in [3.8, 4) is 0 Å². The van der Waals surface area contributed by atoms with Crippen LogP contribution in [0.3, 0.4) is 0 Å². The Labute approximate surface area is 75.1 Å². The van der Waals surface area contributed by atoms with Gasteiger partial charge in [0, 0.05) is 19.1 Å². The third-order valence-corrected chi connectivity index (χ3v) is 3.47. The van der Waals surface area contributed by atoms with E-state index in [-0.39, 0.29) is 0 Å². The molecule has 0 aromatic carbocycles. The minimum atomic E-state index is 0.452. The van der Waals surface area contributed by atoms with E-state index in [1.807, 2.05) is 0 Å². The average Bonchev–Trinajstić information content (AvgIpc) is 2.32. The molecule has 0 aromatic rings. The zero-order valence-corrected chi connectivity index (χ0v) is 8.05. The molecular formula is C10H20N2. The Hall–Kier alpha value is -0.0800. The first kappa shape index (κ1) is 8.52. The van der Waals surface area contributed by atoms with Gasteiger partial charge in [-0.1, -0.05) is 13.3 Å². The number of likely N-dealkylation sites (tertiary alicyclic amines) is 1. The summed E-state index contributed by atoms with van der Waals surface area (Å²) in [4.78, 5) is 2.55. The molecule has 1 atom stereocenters. The maximum atomic E-state index is 5.86. The van der Waals surface area contributed by atoms with Gasteiger partial charge in [-0.15, -0.1) is 0 Å². The summed E-state index contributed by atoms with van der Waals surface area (Å²) in [6.45, 7) is 6.08. The Balaban J connectivity index is 1.79. The molecule has 2 N–H and O–H groups in total. The van der Waals surface area contributed by atoms with Gasteiger partial charge in [0.1, 0.15) is 0 Å². The van der Waals surface area contributed by atoms with Crippen molar-refractivity contribution in [2.45, 2.75) is 38.6 Å². The highest BCUT2D eigenvalue weighted by atomic mass is 15.2. The summed E-state index contributed by atoms with van der Waals surface area (Å²) in [5.74, 6) is 0. The van der Waals surface area contributed by atoms with Crippen LogP contribution in [0.5, 0.6) is 0 Å². The van der Waals surface area contributed by atoms with E-state index in [0.717, 1.165) is 6.54 Å². The average molecular weight is 168 g/mol. The Bertz CT molecular complexity index is 163. The first-order chi connectivity index (χ1) is 5.68. The van der Waals surface area contributed by atoms with Crippen molar-refractivity contribution < 1.29 is 0 Å². The lowest BCUT2D eigenvalue weighted by molar-refractivity contribution is 0.0979. The summed E-state index contributed by atoms with van der Waals surface area (Å²) in [6, 6.07) is 0.452. The Morgan fingerprint density at radius 3 is 2.67 bits per heavy atom. The summed E-state index contributed by atoms with van der Waals surface area (Å²) in [5.41, 5.74) is 6.50. The van der Waals surface area contributed by atoms with Gasteiger partial charge in [0.05, 0.1) is 0 Å². The van der Waals surface area contributed by atoms with E-state index in [4.69, 9.17) is 5.73 Å². The number of nitrogens with two attached hydrogens (primary N) is 1. The molecule has 2 nitrogen and oxygen atoms in total. The minimum Gasteiger partial charge on any atom is -0.326 e. The van der Waals surface area contributed by atoms with Crippen molar-refractivity contribution in [3.63, 3.8) is 0 Å². The number of hydrogen-bond acceptors (Lipinski definition) is 2. The van der Waals surface area contributed by atoms with Gasteiger partial charge in [-0.2, -0.15) is 0 Å². The summed E-state index contributed by atoms with van der Waals surface area (Å²) in [7, 11) is 0. The molecule has 2 rings (SSSR count). The standard InChI is InChI=1S/C10H20N2/c1-10(4-2-5-10)8-12-6-3-9(11)7-12/h9H,2-8,11H2,1H3/t9-/m0/s1. The van der Waals surface area contributed by atoms with Crippen LogP contribution >= 0.6 is 0 Å². The zero-order chi connectivity index (χ0) is 8.60. The molecule has 70 valence electrons. The van der Waals surface area contributed by atoms with Gasteiger partial charge in [-0.25, -0.2) is 0 Å². The quantitative estimate of drug-likeness (QED) is 0.671. The molecule has 1 aliphatic heterocycles. The lowest BCUT2D eigenvalue weighted by atomic mass is 9.70. The molecule has 0 amide bonds. The fourth-order valence-electron chi connectivity index (χ4n) is 2.48. The topological polar surface area (TPSA) is 29.3 Å². The number of hydrogen-bond donors (Lipinski definition) is 1. The van der Waals surface area contributed by atoms with Crippen LogP contribution < -0.4 is 5.73 Å². The third kappa shape index (κ3) is 1.64. The van der Waals surface area contributed by atoms with E-state index in [1.54, 1.807) is 0 Å². The normalized spacial score (nSPS) is 35.0. The lowest BCUT2D eigenvalue weighted by Crippen LogP contribution is -2.40. The molecule has 2 heteroatoms. The Morgan fingerprint density at radius 1 is 1.50 bits per heavy atom. The highest BCUT2D eigenvalue weighted by molar-refractivity contribution is 4.89. The maximum absolute atomic E-state index is 5.86. The van der Waals surface area contributed by atoms with Crippen LogP contribution in [-0.2, 0) is 0 Å². The van der Waals surface area contributed by atoms with Crippen LogP contribution in [0, 0.1) is 5.41 Å². The Morgan fingerprint density at radius 2 is 2.25 bits per heavy atom. The van der Waals surface area contributed by atoms with Crippen molar-refractivity contribution in [2.24, 2.45) is 11.1 Å². The molecule has 1 aliphatic carbocycles. The molecule has 1 heterocycles. The van der Waals surface area contributed by atoms with Gasteiger partial charge in [0.15, 0.2) is 0 Å². The van der Waals surface area contributed by atoms with E-state index in [9.17, 15) is 0 Å². The van der Waals surface area contributed by atoms with Gasteiger partial charge in [0.2, 0.25) is 0 Å². The highest BCUT2D eigenvalue weighted by Crippen LogP contribution is 2.41. The van der Waals surface area contributed by atoms with Crippen molar-refractivity contribution in [1.82, 2.24) is 4.90 Å². The lowest BCUT2D eigenvalue weighted by Gasteiger charge is -2.41. The smallest absolute Gasteiger partial charge is 0.0180 e. The van der Waals surface area contributed by atoms with Gasteiger partial charge in [-0.3, -0.25) is 0 Å². The van der Waals surface area contributed by atoms with Crippen LogP contribution in [0.25, 0.3) is 0 Å². The highest BCUT2D eigenvalue weighted by Gasteiger charge is 2.34. The number of nitrogens with zero attached hydrogens (tertiary/aromatic N) is 1. The van der Waals surface area contributed by atoms with Gasteiger partial charge in [-0.05, 0) is 31.2 Å². The molecule has 12 heavy (non-hydrogen) atoms. The van der Waals surface area contributed by atoms with Crippen LogP contribution in [0.2, 0.25) is 0 Å². The van der Waals surface area contributed by atoms with Crippen LogP contribution in [0.15, 0.2) is 0 Å². The fraction of sp³-hybridized carbons (Fsp3) is 1.00. The van der Waals surface area contributed by atoms with Crippen LogP contribution in [0.1, 0.15) is 32.6 Å². The van der Waals surface area contributed by atoms with E-state index < -0.39 is 0 Å². The molecule has 0 radical (unpaired) electrons. The van der Waals surface area contributed by atoms with Crippen molar-refractivity contribution in [1.29, 1.82) is 0 Å². The van der Waals surface area contributed by atoms with E-state index in [1.165, 1.54) is 38.8 Å². The number of rotatable bonds is 2. The molecule has 1 saturated heterocycles. The molecule has 0 aromatic heterocycles. The second kappa shape index (κ2) is 3.00. The van der Waals surface area contributed by atoms with Crippen LogP contribution in [0.4, 0.5) is 0 Å². The minimum absolute atomic E-state index is 0.452. The molecular weight excluding hydrogens is 148 g/mol. The van der Waals surface area contributed by atoms with Crippen molar-refractivity contribution >= 4 is 0 Å². The summed E-state index contributed by atoms with van der Waals surface area (Å²) < 4.78 is 0. The molecule has 1 saturated carbocycles. The molecule has 2 aliphatic rings. The first-order valence-corrected chi connectivity index (χ1v) is 5.16. The maximum Gasteiger partial charge on any atom is 0.0180 e. The molecule has 0 spiro atoms. The first-order valence-electron chi connectivity index (χ1n) is 5.16. The van der Waals surface area contributed by atoms with Crippen LogP contribution in [-0.4, -0.2) is 30.6 Å². The summed E-state index contributed by atoms with van der Waals surface area (Å²) in [5, 5.41) is 0. The largest absolute Gasteiger partial charge is 0.326 e. The SMILES string of the molecule is CC1(CN2CC[C@H](N)C2)CCC1. The van der Waals surface area contributed by atoms with Gasteiger partial charge in [0.25, 0.3) is 0 Å². The second-order valence-corrected chi connectivity index (χ2v) is 4.95. The van der Waals surface area contributed by atoms with E-state index in [0.29, 0.717) is 11.5 Å². The van der Waals surface area contributed by atoms with Gasteiger partial charge < -0.3 is 10.6 Å². The molecule has 2 fully saturated rings. The van der Waals surface area contributed by atoms with Gasteiger partial charge >= 0.3 is 0 Å². The fourth-order valence-corrected chi connectivity index (χ4v) is 2.48. The summed E-state index contributed by atoms with van der Waals surface area (Å²) in [6.07, 6.45) is 5.50. The summed E-state index contributed by atoms with van der Waals surface area (Å²) >= 11 is 0. The molecule has 0 bridgehead atoms. The van der Waals surface area contributed by atoms with E-state index in [2.05, 4.69) is 11.8 Å². The predicted octanol–water partition coefficient (Wildman–Crippen LogP) is 1.21. The van der Waals surface area contributed by atoms with Crippen molar-refractivity contribution in [2.75, 3.05) is 19.6 Å². The predicted molar refractivity (Wildman–Crippen MR) is 51.0 cm³/mol. The molecule has 0 unspecified atom stereocenters. The zero-order valence-electron chi connectivity index (χ0n) is 8.05. The van der Waals surface area contributed by atoms with Crippen molar-refractivity contribution in [3.05, 3.63) is 0 Å². The Kier molecular flexibility index (Phi) is 2.13. The third-order valence-electron chi connectivity index (χ3n) is 3.47.